The summed E-state index contributed by atoms with van der Waals surface area (Å²) in [6, 6.07) is 0. The van der Waals surface area contributed by atoms with Crippen LogP contribution in [0.3, 0.4) is 0 Å². The number of carbonyl (C=O) groups excluding carboxylic acids is 14. The summed E-state index contributed by atoms with van der Waals surface area (Å²) >= 11 is 0. The number of ether oxygens (including phenoxy) is 14. The van der Waals surface area contributed by atoms with Gasteiger partial charge in [-0.05, 0) is 53.3 Å². The minimum atomic E-state index is -2.79. The molecule has 0 radical (unpaired) electrons. The summed E-state index contributed by atoms with van der Waals surface area (Å²) in [5.41, 5.74) is -29.7. The molecule has 0 saturated heterocycles. The third-order valence-electron chi connectivity index (χ3n) is 25.4. The van der Waals surface area contributed by atoms with E-state index in [0.29, 0.717) is 0 Å². The molecule has 0 aliphatic heterocycles. The van der Waals surface area contributed by atoms with Crippen LogP contribution in [0.1, 0.15) is 0 Å². The van der Waals surface area contributed by atoms with E-state index in [-0.39, 0.29) is 5.57 Å². The first-order valence-corrected chi connectivity index (χ1v) is 26.6. The van der Waals surface area contributed by atoms with Gasteiger partial charge in [0.25, 0.3) is 0 Å². The third kappa shape index (κ3) is 3.74. The van der Waals surface area contributed by atoms with Crippen molar-refractivity contribution in [2.24, 2.45) is 136 Å². The van der Waals surface area contributed by atoms with Crippen LogP contribution in [0.2, 0.25) is 0 Å². The molecule has 0 aromatic heterocycles. The van der Waals surface area contributed by atoms with Gasteiger partial charge >= 0.3 is 83.6 Å². The Morgan fingerprint density at radius 3 is 0.726 bits per heavy atom. The first-order chi connectivity index (χ1) is 39.9. The lowest BCUT2D eigenvalue weighted by atomic mass is 8.88. The third-order valence-corrected chi connectivity index (χ3v) is 25.4. The Labute approximate surface area is 474 Å². The van der Waals surface area contributed by atoms with Crippen LogP contribution in [0.15, 0.2) is 22.8 Å². The monoisotopic (exact) mass is 1180 g/mol. The highest BCUT2D eigenvalue weighted by Crippen LogP contribution is 3.17. The number of allylic oxidation sites excluding steroid dienone is 1. The smallest absolute Gasteiger partial charge is 0.334 e. The van der Waals surface area contributed by atoms with E-state index in [1.807, 2.05) is 0 Å². The number of carbonyl (C=O) groups is 14. The molecule has 11 fully saturated rings. The fourth-order valence-corrected chi connectivity index (χ4v) is 25.1. The molecule has 0 bridgehead atoms. The average Bonchev–Trinajstić information content (AvgIpc) is 0.539. The Morgan fingerprint density at radius 2 is 0.476 bits per heavy atom. The predicted octanol–water partition coefficient (Wildman–Crippen LogP) is -2.33. The van der Waals surface area contributed by atoms with Crippen LogP contribution in [-0.2, 0) is 133 Å². The molecule has 0 amide bonds. The fourth-order valence-electron chi connectivity index (χ4n) is 25.1. The zero-order valence-corrected chi connectivity index (χ0v) is 47.5. The van der Waals surface area contributed by atoms with E-state index in [4.69, 9.17) is 66.3 Å². The number of fused-ring (bicyclic) bond motifs is 34. The van der Waals surface area contributed by atoms with E-state index in [0.717, 1.165) is 99.5 Å². The van der Waals surface area contributed by atoms with E-state index in [1.165, 1.54) is 6.08 Å². The van der Waals surface area contributed by atoms with Gasteiger partial charge < -0.3 is 66.3 Å². The topological polar surface area (TPSA) is 368 Å². The lowest BCUT2D eigenvalue weighted by molar-refractivity contribution is -0.636. The molecule has 24 atom stereocenters. The van der Waals surface area contributed by atoms with Gasteiger partial charge in [-0.2, -0.15) is 0 Å². The fraction of sp³-hybridized carbons (Fsp3) is 0.679. The highest BCUT2D eigenvalue weighted by molar-refractivity contribution is 6.17. The van der Waals surface area contributed by atoms with Gasteiger partial charge in [0.2, 0.25) is 0 Å². The Morgan fingerprint density at radius 1 is 0.262 bits per heavy atom. The van der Waals surface area contributed by atoms with Gasteiger partial charge in [0, 0.05) is 23.7 Å². The van der Waals surface area contributed by atoms with Crippen LogP contribution in [0, 0.1) is 136 Å². The van der Waals surface area contributed by atoms with Gasteiger partial charge in [-0.1, -0.05) is 6.08 Å². The molecule has 0 N–H and O–H groups in total. The van der Waals surface area contributed by atoms with Crippen LogP contribution in [-0.4, -0.2) is 183 Å². The summed E-state index contributed by atoms with van der Waals surface area (Å²) in [7, 11) is 13.1. The minimum absolute atomic E-state index is 0.281. The predicted molar refractivity (Wildman–Crippen MR) is 255 cm³/mol. The second-order valence-electron chi connectivity index (χ2n) is 24.2. The van der Waals surface area contributed by atoms with E-state index >= 15 is 47.9 Å². The van der Waals surface area contributed by atoms with Crippen molar-refractivity contribution in [2.45, 2.75) is 0 Å². The lowest BCUT2D eigenvalue weighted by Gasteiger charge is -3.09. The summed E-state index contributed by atoms with van der Waals surface area (Å²) in [5, 5.41) is 0. The van der Waals surface area contributed by atoms with Crippen molar-refractivity contribution >= 4 is 83.6 Å². The zero-order valence-electron chi connectivity index (χ0n) is 47.5. The van der Waals surface area contributed by atoms with Crippen molar-refractivity contribution in [1.82, 2.24) is 0 Å². The van der Waals surface area contributed by atoms with E-state index in [2.05, 4.69) is 0 Å². The van der Waals surface area contributed by atoms with Crippen LogP contribution in [0.4, 0.5) is 0 Å². The second-order valence-corrected chi connectivity index (χ2v) is 24.2. The van der Waals surface area contributed by atoms with Crippen molar-refractivity contribution < 1.29 is 133 Å². The number of hydrogen-bond acceptors (Lipinski definition) is 28. The molecule has 13 rings (SSSR count). The molecular formula is C56H56O28. The van der Waals surface area contributed by atoms with Gasteiger partial charge in [-0.3, -0.25) is 52.7 Å². The van der Waals surface area contributed by atoms with E-state index in [1.54, 1.807) is 0 Å². The molecule has 0 aromatic rings. The highest BCUT2D eigenvalue weighted by Gasteiger charge is 3.25. The molecule has 13 aliphatic carbocycles. The lowest BCUT2D eigenvalue weighted by Crippen LogP contribution is -3.17. The summed E-state index contributed by atoms with van der Waals surface area (Å²) in [5.74, 6) is -39.4. The number of methoxy groups -OCH3 is 14. The highest BCUT2D eigenvalue weighted by atomic mass is 16.6. The summed E-state index contributed by atoms with van der Waals surface area (Å²) in [4.78, 5) is 214. The van der Waals surface area contributed by atoms with Crippen molar-refractivity contribution in [3.63, 3.8) is 0 Å². The van der Waals surface area contributed by atoms with Crippen LogP contribution in [0.25, 0.3) is 0 Å². The molecule has 13 aliphatic rings. The summed E-state index contributed by atoms with van der Waals surface area (Å²) in [6.45, 7) is 0. The van der Waals surface area contributed by atoms with Gasteiger partial charge in [0.15, 0.2) is 0 Å². The number of esters is 14. The maximum atomic E-state index is 16.1. The quantitative estimate of drug-likeness (QED) is 0.1000. The maximum absolute atomic E-state index is 16.1. The van der Waals surface area contributed by atoms with Crippen molar-refractivity contribution in [3.05, 3.63) is 22.8 Å². The molecule has 11 saturated carbocycles. The van der Waals surface area contributed by atoms with Crippen LogP contribution in [0.5, 0.6) is 0 Å². The molecule has 84 heavy (non-hydrogen) atoms. The molecule has 448 valence electrons. The SMILES string of the molecule is COC(=O)C1=C[C@H]2[C@@H]3[C@H]([C@@]12C(=O)OC)[C@@]1(C(=O)OC)[C@H]2[C@H]([C@]4(C(=O)OC)[C@@H]5[C@@H]([C@@]6(C(=O)OC)[C@H]7[C@@H]([C@@]56C(=O)OC)[C@]5(C(=O)OC)[C@@H]6[C@H]([C@]75C(=O)OC)[C@@]5(C(=O)OC)[C@@H]7C(C(=O)OC)=C(C(=O)OC)[C@@H]7[C@@]65C(=O)OC)[C@]24C(=O)OC)[C@@]31C(=O)OC. The molecule has 28 heteroatoms. The molecular weight excluding hydrogens is 1120 g/mol. The Kier molecular flexibility index (Phi) is 10.2. The molecule has 0 aromatic carbocycles. The van der Waals surface area contributed by atoms with E-state index < -0.39 is 231 Å². The average molecular weight is 1180 g/mol. The number of hydrogen-bond donors (Lipinski definition) is 0. The van der Waals surface area contributed by atoms with Crippen molar-refractivity contribution in [3.8, 4) is 0 Å². The van der Waals surface area contributed by atoms with Crippen LogP contribution < -0.4 is 0 Å². The largest absolute Gasteiger partial charge is 0.469 e. The maximum Gasteiger partial charge on any atom is 0.334 e. The summed E-state index contributed by atoms with van der Waals surface area (Å²) in [6.07, 6.45) is 1.35. The standard InChI is InChI=1S/C56H56O28/c1-71-32(57)17-15-16-20-23(46(16,17)35(60)74-4)50(39(64)78-8)27-26(47(20,50)36(61)75-5)53(42(67)81-11)30-31(54(27,53)43(68)82-12)56(45(70)84-14)29-28(55(30,56)44(69)83-13)51(40(65)79-9)24-25(52(29,51)41(66)80-10)49(38(63)77-7)22-19(34(59)73-3)18(33(58)72-2)21(22)48(24,49)37(62)76-6/h15-16,20-31H,1-14H3/t16-,20+,21-,22+,23+,24+,25-,26-,27+,28+,29-,30-,31+,46-,47+,48-,49+,50-,51-,52+,53+,54-,55-,56+/m0/s1. The molecule has 0 unspecified atom stereocenters. The first kappa shape index (κ1) is 55.3. The van der Waals surface area contributed by atoms with Gasteiger partial charge in [-0.25, -0.2) is 14.4 Å². The minimum Gasteiger partial charge on any atom is -0.469 e. The molecule has 0 heterocycles. The van der Waals surface area contributed by atoms with Gasteiger partial charge in [0.05, 0.1) is 170 Å². The van der Waals surface area contributed by atoms with Gasteiger partial charge in [-0.15, -0.1) is 0 Å². The summed E-state index contributed by atoms with van der Waals surface area (Å²) < 4.78 is 77.0. The Bertz CT molecular complexity index is 3470. The van der Waals surface area contributed by atoms with Crippen LogP contribution >= 0.6 is 0 Å². The second kappa shape index (κ2) is 15.5. The van der Waals surface area contributed by atoms with Crippen molar-refractivity contribution in [1.29, 1.82) is 0 Å². The zero-order chi connectivity index (χ0) is 61.4. The molecule has 0 spiro atoms. The first-order valence-electron chi connectivity index (χ1n) is 26.6. The molecule has 28 nitrogen and oxygen atoms in total. The Hall–Kier alpha value is -7.94. The number of rotatable bonds is 14. The van der Waals surface area contributed by atoms with Gasteiger partial charge in [0.1, 0.15) is 5.41 Å². The van der Waals surface area contributed by atoms with Crippen molar-refractivity contribution in [2.75, 3.05) is 99.5 Å². The normalized spacial score (nSPS) is 48.5. The Balaban J connectivity index is 1.14. The van der Waals surface area contributed by atoms with E-state index in [9.17, 15) is 19.2 Å².